The second-order valence-electron chi connectivity index (χ2n) is 8.08. The van der Waals surface area contributed by atoms with Crippen LogP contribution in [-0.4, -0.2) is 60.3 Å². The molecule has 0 unspecified atom stereocenters. The minimum absolute atomic E-state index is 0.358. The van der Waals surface area contributed by atoms with Gasteiger partial charge in [0.25, 0.3) is 0 Å². The van der Waals surface area contributed by atoms with Crippen molar-refractivity contribution in [3.8, 4) is 11.3 Å². The molecular weight excluding hydrogens is 374 g/mol. The first-order chi connectivity index (χ1) is 13.7. The van der Waals surface area contributed by atoms with E-state index < -0.39 is 0 Å². The quantitative estimate of drug-likeness (QED) is 0.851. The number of aromatic nitrogens is 2. The van der Waals surface area contributed by atoms with E-state index >= 15 is 0 Å². The number of ether oxygens (including phenoxy) is 1. The summed E-state index contributed by atoms with van der Waals surface area (Å²) in [5.74, 6) is 2.00. The van der Waals surface area contributed by atoms with Crippen LogP contribution >= 0.6 is 11.6 Å². The molecule has 3 aliphatic heterocycles. The molecule has 0 amide bonds. The zero-order chi connectivity index (χ0) is 19.1. The van der Waals surface area contributed by atoms with Gasteiger partial charge in [-0.05, 0) is 62.0 Å². The second-order valence-corrected chi connectivity index (χ2v) is 8.48. The number of rotatable bonds is 4. The number of nitrogens with two attached hydrogens (primary N) is 1. The first-order valence-corrected chi connectivity index (χ1v) is 10.6. The number of pyridine rings is 2. The zero-order valence-corrected chi connectivity index (χ0v) is 16.7. The minimum Gasteiger partial charge on any atom is -0.382 e. The van der Waals surface area contributed by atoms with E-state index in [9.17, 15) is 0 Å². The van der Waals surface area contributed by atoms with Crippen molar-refractivity contribution in [1.29, 1.82) is 0 Å². The van der Waals surface area contributed by atoms with Crippen LogP contribution in [0.5, 0.6) is 0 Å². The molecule has 0 aromatic carbocycles. The number of halogens is 1. The van der Waals surface area contributed by atoms with E-state index in [1.165, 1.54) is 24.8 Å². The Hall–Kier alpha value is -1.89. The molecule has 2 aromatic heterocycles. The lowest BCUT2D eigenvalue weighted by molar-refractivity contribution is -0.0712. The van der Waals surface area contributed by atoms with Crippen LogP contribution in [0.3, 0.4) is 0 Å². The third-order valence-electron chi connectivity index (χ3n) is 6.32. The van der Waals surface area contributed by atoms with Crippen LogP contribution < -0.4 is 10.6 Å². The molecule has 0 spiro atoms. The van der Waals surface area contributed by atoms with E-state index in [2.05, 4.69) is 26.9 Å². The van der Waals surface area contributed by atoms with Crippen LogP contribution in [0, 0.1) is 0 Å². The molecule has 2 N–H and O–H groups in total. The molecular formula is C21H26ClN5O. The highest BCUT2D eigenvalue weighted by Gasteiger charge is 2.30. The molecule has 148 valence electrons. The lowest BCUT2D eigenvalue weighted by Crippen LogP contribution is -2.51. The summed E-state index contributed by atoms with van der Waals surface area (Å²) in [6, 6.07) is 7.02. The van der Waals surface area contributed by atoms with Gasteiger partial charge in [0, 0.05) is 24.8 Å². The summed E-state index contributed by atoms with van der Waals surface area (Å²) in [5.41, 5.74) is 9.03. The number of hydrogen-bond acceptors (Lipinski definition) is 6. The van der Waals surface area contributed by atoms with Gasteiger partial charge in [0.15, 0.2) is 0 Å². The third-order valence-corrected chi connectivity index (χ3v) is 6.62. The Morgan fingerprint density at radius 1 is 1.07 bits per heavy atom. The molecule has 0 atom stereocenters. The fourth-order valence-electron chi connectivity index (χ4n) is 4.25. The van der Waals surface area contributed by atoms with Crippen molar-refractivity contribution in [2.75, 3.05) is 50.0 Å². The SMILES string of the molecule is Nc1ncc(-c2cc(C3CCN(C4COC4)CC3)cc(N3CCC3)n2)cc1Cl. The minimum atomic E-state index is 0.358. The average Bonchev–Trinajstić information content (AvgIpc) is 2.61. The van der Waals surface area contributed by atoms with Crippen molar-refractivity contribution in [3.63, 3.8) is 0 Å². The zero-order valence-electron chi connectivity index (χ0n) is 16.0. The number of nitrogens with zero attached hydrogens (tertiary/aromatic N) is 4. The lowest BCUT2D eigenvalue weighted by Gasteiger charge is -2.41. The summed E-state index contributed by atoms with van der Waals surface area (Å²) in [7, 11) is 0. The van der Waals surface area contributed by atoms with Gasteiger partial charge in [0.05, 0.1) is 30.0 Å². The van der Waals surface area contributed by atoms with E-state index in [0.717, 1.165) is 56.5 Å². The van der Waals surface area contributed by atoms with E-state index in [4.69, 9.17) is 27.1 Å². The highest BCUT2D eigenvalue weighted by molar-refractivity contribution is 6.33. The van der Waals surface area contributed by atoms with Crippen LogP contribution in [0.15, 0.2) is 24.4 Å². The Morgan fingerprint density at radius 3 is 2.46 bits per heavy atom. The van der Waals surface area contributed by atoms with Crippen molar-refractivity contribution in [2.24, 2.45) is 0 Å². The largest absolute Gasteiger partial charge is 0.382 e. The van der Waals surface area contributed by atoms with E-state index in [0.29, 0.717) is 22.8 Å². The van der Waals surface area contributed by atoms with Gasteiger partial charge >= 0.3 is 0 Å². The maximum atomic E-state index is 6.22. The Labute approximate surface area is 170 Å². The maximum Gasteiger partial charge on any atom is 0.142 e. The Morgan fingerprint density at radius 2 is 1.86 bits per heavy atom. The first kappa shape index (κ1) is 18.2. The number of piperidine rings is 1. The lowest BCUT2D eigenvalue weighted by atomic mass is 9.88. The first-order valence-electron chi connectivity index (χ1n) is 10.2. The molecule has 3 saturated heterocycles. The summed E-state index contributed by atoms with van der Waals surface area (Å²) in [5, 5.41) is 0.478. The summed E-state index contributed by atoms with van der Waals surface area (Å²) in [4.78, 5) is 14.1. The summed E-state index contributed by atoms with van der Waals surface area (Å²) >= 11 is 6.22. The van der Waals surface area contributed by atoms with Crippen LogP contribution in [-0.2, 0) is 4.74 Å². The van der Waals surface area contributed by atoms with Gasteiger partial charge in [0.2, 0.25) is 0 Å². The third kappa shape index (κ3) is 3.45. The predicted octanol–water partition coefficient (Wildman–Crippen LogP) is 3.17. The molecule has 3 fully saturated rings. The molecule has 6 nitrogen and oxygen atoms in total. The van der Waals surface area contributed by atoms with E-state index in [1.54, 1.807) is 6.20 Å². The Balaban J connectivity index is 1.42. The molecule has 0 bridgehead atoms. The molecule has 5 rings (SSSR count). The molecule has 2 aromatic rings. The van der Waals surface area contributed by atoms with Gasteiger partial charge in [-0.2, -0.15) is 0 Å². The standard InChI is InChI=1S/C21H26ClN5O/c22-18-8-16(11-24-21(18)23)19-9-15(10-20(25-19)27-4-1-5-27)14-2-6-26(7-3-14)17-12-28-13-17/h8-11,14,17H,1-7,12-13H2,(H2,23,24). The number of likely N-dealkylation sites (tertiary alicyclic amines) is 1. The van der Waals surface area contributed by atoms with Crippen LogP contribution in [0.25, 0.3) is 11.3 Å². The number of nitrogen functional groups attached to an aromatic ring is 1. The topological polar surface area (TPSA) is 67.5 Å². The molecule has 7 heteroatoms. The average molecular weight is 400 g/mol. The highest BCUT2D eigenvalue weighted by Crippen LogP contribution is 2.35. The van der Waals surface area contributed by atoms with Crippen LogP contribution in [0.4, 0.5) is 11.6 Å². The fraction of sp³-hybridized carbons (Fsp3) is 0.524. The van der Waals surface area contributed by atoms with Gasteiger partial charge in [-0.3, -0.25) is 4.90 Å². The van der Waals surface area contributed by atoms with Crippen molar-refractivity contribution < 1.29 is 4.74 Å². The second kappa shape index (κ2) is 7.50. The van der Waals surface area contributed by atoms with Crippen molar-refractivity contribution in [2.45, 2.75) is 31.2 Å². The fourth-order valence-corrected chi connectivity index (χ4v) is 4.41. The highest BCUT2D eigenvalue weighted by atomic mass is 35.5. The van der Waals surface area contributed by atoms with Gasteiger partial charge in [-0.15, -0.1) is 0 Å². The van der Waals surface area contributed by atoms with Gasteiger partial charge in [0.1, 0.15) is 11.6 Å². The summed E-state index contributed by atoms with van der Waals surface area (Å²) < 4.78 is 5.36. The van der Waals surface area contributed by atoms with Crippen molar-refractivity contribution >= 4 is 23.2 Å². The van der Waals surface area contributed by atoms with Gasteiger partial charge in [-0.1, -0.05) is 11.6 Å². The van der Waals surface area contributed by atoms with Crippen LogP contribution in [0.1, 0.15) is 30.7 Å². The molecule has 0 radical (unpaired) electrons. The van der Waals surface area contributed by atoms with Crippen LogP contribution in [0.2, 0.25) is 5.02 Å². The molecule has 3 aliphatic rings. The van der Waals surface area contributed by atoms with Gasteiger partial charge < -0.3 is 15.4 Å². The molecule has 0 aliphatic carbocycles. The Bertz CT molecular complexity index is 860. The molecule has 5 heterocycles. The Kier molecular flexibility index (Phi) is 4.87. The predicted molar refractivity (Wildman–Crippen MR) is 112 cm³/mol. The van der Waals surface area contributed by atoms with E-state index in [-0.39, 0.29) is 0 Å². The number of anilines is 2. The normalized spacial score (nSPS) is 21.4. The molecule has 0 saturated carbocycles. The number of hydrogen-bond donors (Lipinski definition) is 1. The van der Waals surface area contributed by atoms with Crippen molar-refractivity contribution in [1.82, 2.24) is 14.9 Å². The van der Waals surface area contributed by atoms with Gasteiger partial charge in [-0.25, -0.2) is 9.97 Å². The molecule has 28 heavy (non-hydrogen) atoms. The summed E-state index contributed by atoms with van der Waals surface area (Å²) in [6.45, 7) is 6.24. The summed E-state index contributed by atoms with van der Waals surface area (Å²) in [6.07, 6.45) is 5.37. The van der Waals surface area contributed by atoms with E-state index in [1.807, 2.05) is 6.07 Å². The maximum absolute atomic E-state index is 6.22. The van der Waals surface area contributed by atoms with Crippen molar-refractivity contribution in [3.05, 3.63) is 35.0 Å². The monoisotopic (exact) mass is 399 g/mol. The smallest absolute Gasteiger partial charge is 0.142 e.